The summed E-state index contributed by atoms with van der Waals surface area (Å²) < 4.78 is 5.08. The average Bonchev–Trinajstić information content (AvgIpc) is 3.62. The van der Waals surface area contributed by atoms with Crippen LogP contribution in [0.25, 0.3) is 11.8 Å². The molecule has 0 fully saturated rings. The van der Waals surface area contributed by atoms with Crippen molar-refractivity contribution in [3.05, 3.63) is 148 Å². The molecule has 0 atom stereocenters. The third kappa shape index (κ3) is 10.1. The number of aliphatic imine (C=N–C) groups is 1. The van der Waals surface area contributed by atoms with Crippen molar-refractivity contribution in [1.82, 2.24) is 14.9 Å². The normalized spacial score (nSPS) is 12.7. The lowest BCUT2D eigenvalue weighted by Crippen LogP contribution is -2.24. The molecule has 2 heterocycles. The molecule has 7 heteroatoms. The molecule has 0 amide bonds. The Morgan fingerprint density at radius 2 is 1.74 bits per heavy atom. The lowest BCUT2D eigenvalue weighted by atomic mass is 10.0. The number of nitriles is 1. The molecule has 2 aromatic heterocycles. The number of pyridine rings is 2. The number of aromatic nitrogens is 2. The fourth-order valence-corrected chi connectivity index (χ4v) is 6.44. The van der Waals surface area contributed by atoms with E-state index in [1.807, 2.05) is 19.1 Å². The minimum absolute atomic E-state index is 0.231. The quantitative estimate of drug-likeness (QED) is 0.0681. The lowest BCUT2D eigenvalue weighted by molar-refractivity contribution is -0.143. The summed E-state index contributed by atoms with van der Waals surface area (Å²) in [6, 6.07) is 27.7. The highest BCUT2D eigenvalue weighted by Crippen LogP contribution is 2.29. The second-order valence-electron chi connectivity index (χ2n) is 12.6. The minimum atomic E-state index is -0.267. The number of allylic oxidation sites excluding steroid dienone is 2. The summed E-state index contributed by atoms with van der Waals surface area (Å²) >= 11 is 0. The Hall–Kier alpha value is -5.41. The number of esters is 1. The zero-order valence-corrected chi connectivity index (χ0v) is 29.2. The highest BCUT2D eigenvalue weighted by atomic mass is 16.5. The van der Waals surface area contributed by atoms with Crippen molar-refractivity contribution >= 4 is 23.6 Å². The van der Waals surface area contributed by atoms with E-state index in [1.54, 1.807) is 13.1 Å². The van der Waals surface area contributed by atoms with Gasteiger partial charge in [-0.05, 0) is 123 Å². The van der Waals surface area contributed by atoms with Gasteiger partial charge in [-0.2, -0.15) is 5.26 Å². The monoisotopic (exact) mass is 663 g/mol. The van der Waals surface area contributed by atoms with Gasteiger partial charge in [0.1, 0.15) is 11.8 Å². The molecule has 0 radical (unpaired) electrons. The Labute approximate surface area is 296 Å². The smallest absolute Gasteiger partial charge is 0.306 e. The van der Waals surface area contributed by atoms with E-state index < -0.39 is 0 Å². The van der Waals surface area contributed by atoms with Gasteiger partial charge in [0.2, 0.25) is 0 Å². The first-order chi connectivity index (χ1) is 24.5. The number of hydrogen-bond donors (Lipinski definition) is 0. The summed E-state index contributed by atoms with van der Waals surface area (Å²) in [4.78, 5) is 28.5. The molecule has 4 aromatic rings. The maximum atomic E-state index is 12.0. The summed E-state index contributed by atoms with van der Waals surface area (Å²) in [6.45, 7) is 10.6. The topological polar surface area (TPSA) is 91.5 Å². The molecule has 1 aliphatic carbocycles. The molecule has 254 valence electrons. The predicted octanol–water partition coefficient (Wildman–Crippen LogP) is 8.27. The Bertz CT molecular complexity index is 1880. The third-order valence-electron chi connectivity index (χ3n) is 8.86. The van der Waals surface area contributed by atoms with Crippen molar-refractivity contribution < 1.29 is 9.53 Å². The summed E-state index contributed by atoms with van der Waals surface area (Å²) in [6.07, 6.45) is 11.5. The van der Waals surface area contributed by atoms with Crippen molar-refractivity contribution in [3.8, 4) is 6.07 Å². The molecule has 5 rings (SSSR count). The molecule has 0 bridgehead atoms. The third-order valence-corrected chi connectivity index (χ3v) is 8.86. The van der Waals surface area contributed by atoms with Crippen LogP contribution in [0.5, 0.6) is 0 Å². The molecule has 0 N–H and O–H groups in total. The van der Waals surface area contributed by atoms with Crippen LogP contribution in [-0.2, 0) is 48.3 Å². The molecule has 0 saturated carbocycles. The van der Waals surface area contributed by atoms with Crippen molar-refractivity contribution in [1.29, 1.82) is 5.26 Å². The molecule has 50 heavy (non-hydrogen) atoms. The Morgan fingerprint density at radius 3 is 2.40 bits per heavy atom. The van der Waals surface area contributed by atoms with E-state index in [9.17, 15) is 10.1 Å². The van der Waals surface area contributed by atoms with Crippen molar-refractivity contribution in [2.75, 3.05) is 13.2 Å². The Morgan fingerprint density at radius 1 is 1.02 bits per heavy atom. The highest BCUT2D eigenvalue weighted by Gasteiger charge is 2.18. The van der Waals surface area contributed by atoms with Crippen LogP contribution in [0.15, 0.2) is 102 Å². The summed E-state index contributed by atoms with van der Waals surface area (Å²) in [5, 5.41) is 9.88. The second kappa shape index (κ2) is 18.4. The number of ether oxygens (including phenoxy) is 1. The fourth-order valence-electron chi connectivity index (χ4n) is 6.44. The maximum absolute atomic E-state index is 12.0. The van der Waals surface area contributed by atoms with Gasteiger partial charge in [0.05, 0.1) is 18.0 Å². The zero-order valence-electron chi connectivity index (χ0n) is 29.2. The Balaban J connectivity index is 1.35. The average molecular weight is 664 g/mol. The van der Waals surface area contributed by atoms with Crippen LogP contribution in [-0.4, -0.2) is 39.9 Å². The van der Waals surface area contributed by atoms with Gasteiger partial charge in [-0.1, -0.05) is 66.7 Å². The van der Waals surface area contributed by atoms with Gasteiger partial charge in [-0.15, -0.1) is 0 Å². The predicted molar refractivity (Wildman–Crippen MR) is 200 cm³/mol. The fraction of sp³-hybridized carbons (Fsp3) is 0.302. The van der Waals surface area contributed by atoms with E-state index in [-0.39, 0.29) is 18.1 Å². The molecule has 2 aromatic carbocycles. The van der Waals surface area contributed by atoms with Gasteiger partial charge in [-0.25, -0.2) is 9.98 Å². The van der Waals surface area contributed by atoms with Gasteiger partial charge in [0, 0.05) is 37.0 Å². The number of hydrogen-bond acceptors (Lipinski definition) is 7. The largest absolute Gasteiger partial charge is 0.466 e. The molecular formula is C43H45N5O2. The van der Waals surface area contributed by atoms with Crippen LogP contribution < -0.4 is 0 Å². The van der Waals surface area contributed by atoms with Crippen LogP contribution in [0.3, 0.4) is 0 Å². The van der Waals surface area contributed by atoms with Gasteiger partial charge in [0.25, 0.3) is 0 Å². The molecule has 1 aliphatic rings. The summed E-state index contributed by atoms with van der Waals surface area (Å²) in [5.74, 6) is 2.38. The van der Waals surface area contributed by atoms with Gasteiger partial charge in [-0.3, -0.25) is 14.7 Å². The lowest BCUT2D eigenvalue weighted by Gasteiger charge is -2.23. The van der Waals surface area contributed by atoms with Crippen LogP contribution in [0.4, 0.5) is 0 Å². The van der Waals surface area contributed by atoms with Crippen LogP contribution >= 0.6 is 0 Å². The molecule has 7 nitrogen and oxygen atoms in total. The van der Waals surface area contributed by atoms with E-state index in [0.29, 0.717) is 24.3 Å². The first-order valence-corrected chi connectivity index (χ1v) is 17.5. The Kier molecular flexibility index (Phi) is 13.2. The van der Waals surface area contributed by atoms with E-state index in [0.717, 1.165) is 74.3 Å². The second-order valence-corrected chi connectivity index (χ2v) is 12.6. The van der Waals surface area contributed by atoms with Crippen LogP contribution in [0.2, 0.25) is 0 Å². The highest BCUT2D eigenvalue weighted by molar-refractivity contribution is 5.78. The van der Waals surface area contributed by atoms with E-state index >= 15 is 0 Å². The number of fused-ring (bicyclic) bond motifs is 1. The van der Waals surface area contributed by atoms with Crippen molar-refractivity contribution in [2.24, 2.45) is 4.99 Å². The van der Waals surface area contributed by atoms with Gasteiger partial charge >= 0.3 is 5.97 Å². The van der Waals surface area contributed by atoms with E-state index in [2.05, 4.69) is 106 Å². The summed E-state index contributed by atoms with van der Waals surface area (Å²) in [7, 11) is 0. The van der Waals surface area contributed by atoms with Gasteiger partial charge < -0.3 is 4.74 Å². The standard InChI is InChI=1S/C43H45N5O2/c1-4-45-43(39-26-35(29-46-41(39)28-44)22-24-42(49)50-5-2)32(3)21-23-40-38-20-12-18-36(38)27-37(47-40)19-13-25-48(30-33-14-8-6-9-15-33)31-34-16-10-7-11-17-34/h6-11,14-17,21,23,26-27,29H,1,5,12-13,18-20,22,24-25,30-31H2,2-3H3/b23-21+,43-32-. The molecule has 0 spiro atoms. The summed E-state index contributed by atoms with van der Waals surface area (Å²) in [5.41, 5.74) is 10.5. The SMILES string of the molecule is C=C=N/C(=C(C)\C=C\c1nc(CCCN(Cc2ccccc2)Cc2ccccc2)cc2c1CCC2)c1cc(CCC(=O)OCC)cnc1C#N. The van der Waals surface area contributed by atoms with Crippen LogP contribution in [0, 0.1) is 11.3 Å². The minimum Gasteiger partial charge on any atom is -0.466 e. The van der Waals surface area contributed by atoms with E-state index in [1.165, 1.54) is 22.3 Å². The van der Waals surface area contributed by atoms with Crippen LogP contribution in [0.1, 0.15) is 83.6 Å². The van der Waals surface area contributed by atoms with E-state index in [4.69, 9.17) is 9.72 Å². The molecule has 0 saturated heterocycles. The number of nitrogens with zero attached hydrogens (tertiary/aromatic N) is 5. The number of carbonyl (C=O) groups excluding carboxylic acids is 1. The number of benzene rings is 2. The maximum Gasteiger partial charge on any atom is 0.306 e. The number of carbonyl (C=O) groups is 1. The number of rotatable bonds is 16. The first-order valence-electron chi connectivity index (χ1n) is 17.5. The van der Waals surface area contributed by atoms with Crippen molar-refractivity contribution in [2.45, 2.75) is 71.9 Å². The number of aryl methyl sites for hydroxylation is 3. The van der Waals surface area contributed by atoms with Crippen molar-refractivity contribution in [3.63, 3.8) is 0 Å². The first kappa shape index (κ1) is 35.9. The molecule has 0 aliphatic heterocycles. The molecule has 0 unspecified atom stereocenters. The zero-order chi connectivity index (χ0) is 35.1. The van der Waals surface area contributed by atoms with Gasteiger partial charge in [0.15, 0.2) is 0 Å². The molecular weight excluding hydrogens is 619 g/mol.